The quantitative estimate of drug-likeness (QED) is 0.172. The third-order valence-electron chi connectivity index (χ3n) is 3.93. The highest BCUT2D eigenvalue weighted by Crippen LogP contribution is 2.10. The Morgan fingerprint density at radius 2 is 1.74 bits per heavy atom. The Bertz CT molecular complexity index is 310. The molecule has 0 aromatic heterocycles. The third kappa shape index (κ3) is 17.1. The van der Waals surface area contributed by atoms with Gasteiger partial charge in [0.15, 0.2) is 0 Å². The van der Waals surface area contributed by atoms with Gasteiger partial charge in [0.2, 0.25) is 0 Å². The van der Waals surface area contributed by atoms with Crippen molar-refractivity contribution >= 4 is 5.97 Å². The molecule has 0 aromatic rings. The fourth-order valence-electron chi connectivity index (χ4n) is 2.51. The Hall–Kier alpha value is -1.09. The second kappa shape index (κ2) is 17.3. The minimum absolute atomic E-state index is 0.168. The second-order valence-electron chi connectivity index (χ2n) is 6.17. The molecule has 0 rings (SSSR count). The van der Waals surface area contributed by atoms with Gasteiger partial charge in [-0.1, -0.05) is 70.6 Å². The van der Waals surface area contributed by atoms with Gasteiger partial charge in [-0.25, -0.2) is 0 Å². The molecule has 1 atom stereocenters. The number of aliphatic hydroxyl groups is 1. The molecule has 0 aliphatic carbocycles. The van der Waals surface area contributed by atoms with E-state index < -0.39 is 0 Å². The summed E-state index contributed by atoms with van der Waals surface area (Å²) in [4.78, 5) is 11.1. The molecule has 0 saturated carbocycles. The van der Waals surface area contributed by atoms with E-state index in [1.165, 1.54) is 38.4 Å². The van der Waals surface area contributed by atoms with Crippen molar-refractivity contribution in [2.45, 2.75) is 96.5 Å². The molecule has 0 saturated heterocycles. The van der Waals surface area contributed by atoms with Crippen LogP contribution in [0.1, 0.15) is 90.4 Å². The van der Waals surface area contributed by atoms with E-state index in [1.54, 1.807) is 0 Å². The Morgan fingerprint density at radius 1 is 1.04 bits per heavy atom. The van der Waals surface area contributed by atoms with Crippen LogP contribution in [0.25, 0.3) is 0 Å². The van der Waals surface area contributed by atoms with E-state index in [0.717, 1.165) is 44.9 Å². The summed E-state index contributed by atoms with van der Waals surface area (Å²) in [6.45, 7) is 5.57. The predicted octanol–water partition coefficient (Wildman–Crippen LogP) is 5.68. The molecule has 23 heavy (non-hydrogen) atoms. The van der Waals surface area contributed by atoms with Crippen molar-refractivity contribution in [2.24, 2.45) is 0 Å². The van der Waals surface area contributed by atoms with Crippen molar-refractivity contribution in [2.75, 3.05) is 0 Å². The van der Waals surface area contributed by atoms with E-state index in [2.05, 4.69) is 30.4 Å². The smallest absolute Gasteiger partial charge is 0.310 e. The topological polar surface area (TPSA) is 46.5 Å². The van der Waals surface area contributed by atoms with Gasteiger partial charge >= 0.3 is 5.97 Å². The van der Waals surface area contributed by atoms with Crippen molar-refractivity contribution in [1.29, 1.82) is 0 Å². The van der Waals surface area contributed by atoms with Crippen LogP contribution in [0.15, 0.2) is 25.0 Å². The SMILES string of the molecule is C=COC(=O)CCCCCCC/C=C\CC(O)CCCCCC. The number of carbonyl (C=O) groups excluding carboxylic acids is 1. The van der Waals surface area contributed by atoms with Gasteiger partial charge in [0.25, 0.3) is 0 Å². The molecular weight excluding hydrogens is 288 g/mol. The van der Waals surface area contributed by atoms with E-state index >= 15 is 0 Å². The predicted molar refractivity (Wildman–Crippen MR) is 97.1 cm³/mol. The van der Waals surface area contributed by atoms with Crippen LogP contribution < -0.4 is 0 Å². The monoisotopic (exact) mass is 324 g/mol. The van der Waals surface area contributed by atoms with Crippen LogP contribution in [0.2, 0.25) is 0 Å². The van der Waals surface area contributed by atoms with Gasteiger partial charge in [-0.2, -0.15) is 0 Å². The lowest BCUT2D eigenvalue weighted by molar-refractivity contribution is -0.138. The Kier molecular flexibility index (Phi) is 16.4. The molecule has 0 heterocycles. The second-order valence-corrected chi connectivity index (χ2v) is 6.17. The number of ether oxygens (including phenoxy) is 1. The molecule has 0 radical (unpaired) electrons. The van der Waals surface area contributed by atoms with Crippen molar-refractivity contribution in [3.8, 4) is 0 Å². The van der Waals surface area contributed by atoms with Gasteiger partial charge in [0.1, 0.15) is 0 Å². The molecule has 1 N–H and O–H groups in total. The van der Waals surface area contributed by atoms with Crippen LogP contribution in [-0.4, -0.2) is 17.2 Å². The first kappa shape index (κ1) is 21.9. The van der Waals surface area contributed by atoms with E-state index in [4.69, 9.17) is 0 Å². The van der Waals surface area contributed by atoms with E-state index in [-0.39, 0.29) is 12.1 Å². The highest BCUT2D eigenvalue weighted by molar-refractivity contribution is 5.69. The van der Waals surface area contributed by atoms with E-state index in [1.807, 2.05) is 0 Å². The lowest BCUT2D eigenvalue weighted by Gasteiger charge is -2.07. The van der Waals surface area contributed by atoms with Crippen molar-refractivity contribution < 1.29 is 14.6 Å². The Balaban J connectivity index is 3.30. The van der Waals surface area contributed by atoms with Crippen molar-refractivity contribution in [1.82, 2.24) is 0 Å². The molecule has 0 aliphatic rings. The maximum Gasteiger partial charge on any atom is 0.310 e. The molecule has 0 fully saturated rings. The molecule has 134 valence electrons. The molecule has 0 amide bonds. The van der Waals surface area contributed by atoms with Gasteiger partial charge < -0.3 is 9.84 Å². The molecule has 0 aromatic carbocycles. The lowest BCUT2D eigenvalue weighted by Crippen LogP contribution is -2.04. The minimum Gasteiger partial charge on any atom is -0.435 e. The Labute approximate surface area is 142 Å². The van der Waals surface area contributed by atoms with Crippen LogP contribution in [0, 0.1) is 0 Å². The number of hydrogen-bond acceptors (Lipinski definition) is 3. The summed E-state index contributed by atoms with van der Waals surface area (Å²) < 4.78 is 4.67. The lowest BCUT2D eigenvalue weighted by atomic mass is 10.1. The van der Waals surface area contributed by atoms with Crippen LogP contribution in [-0.2, 0) is 9.53 Å². The molecule has 0 bridgehead atoms. The Morgan fingerprint density at radius 3 is 2.48 bits per heavy atom. The summed E-state index contributed by atoms with van der Waals surface area (Å²) >= 11 is 0. The van der Waals surface area contributed by atoms with Crippen molar-refractivity contribution in [3.63, 3.8) is 0 Å². The number of aliphatic hydroxyl groups excluding tert-OH is 1. The minimum atomic E-state index is -0.184. The van der Waals surface area contributed by atoms with Gasteiger partial charge in [-0.05, 0) is 32.1 Å². The van der Waals surface area contributed by atoms with Gasteiger partial charge in [-0.15, -0.1) is 0 Å². The summed E-state index contributed by atoms with van der Waals surface area (Å²) in [5.74, 6) is -0.184. The highest BCUT2D eigenvalue weighted by Gasteiger charge is 2.01. The van der Waals surface area contributed by atoms with E-state index in [9.17, 15) is 9.90 Å². The summed E-state index contributed by atoms with van der Waals surface area (Å²) in [6.07, 6.45) is 19.0. The first-order valence-electron chi connectivity index (χ1n) is 9.34. The van der Waals surface area contributed by atoms with Gasteiger partial charge in [-0.3, -0.25) is 4.79 Å². The zero-order valence-electron chi connectivity index (χ0n) is 15.0. The summed E-state index contributed by atoms with van der Waals surface area (Å²) in [7, 11) is 0. The molecule has 0 spiro atoms. The van der Waals surface area contributed by atoms with Gasteiger partial charge in [0.05, 0.1) is 12.4 Å². The molecular formula is C20H36O3. The van der Waals surface area contributed by atoms with Gasteiger partial charge in [0, 0.05) is 6.42 Å². The summed E-state index contributed by atoms with van der Waals surface area (Å²) in [6, 6.07) is 0. The summed E-state index contributed by atoms with van der Waals surface area (Å²) in [5.41, 5.74) is 0. The molecule has 1 unspecified atom stereocenters. The third-order valence-corrected chi connectivity index (χ3v) is 3.93. The standard InChI is InChI=1S/C20H36O3/c1-3-5-6-13-16-19(21)17-14-11-9-7-8-10-12-15-18-20(22)23-4-2/h4,11,14,19,21H,2-3,5-10,12-13,15-18H2,1H3/b14-11-. The van der Waals surface area contributed by atoms with Crippen LogP contribution in [0.3, 0.4) is 0 Å². The normalized spacial score (nSPS) is 12.4. The average Bonchev–Trinajstić information content (AvgIpc) is 2.53. The number of allylic oxidation sites excluding steroid dienone is 1. The van der Waals surface area contributed by atoms with Crippen LogP contribution in [0.4, 0.5) is 0 Å². The van der Waals surface area contributed by atoms with Crippen molar-refractivity contribution in [3.05, 3.63) is 25.0 Å². The molecule has 0 aliphatic heterocycles. The fraction of sp³-hybridized carbons (Fsp3) is 0.750. The fourth-order valence-corrected chi connectivity index (χ4v) is 2.51. The van der Waals surface area contributed by atoms with Crippen LogP contribution in [0.5, 0.6) is 0 Å². The maximum atomic E-state index is 11.1. The average molecular weight is 325 g/mol. The maximum absolute atomic E-state index is 11.1. The number of carbonyl (C=O) groups is 1. The first-order valence-corrected chi connectivity index (χ1v) is 9.34. The number of hydrogen-bond donors (Lipinski definition) is 1. The van der Waals surface area contributed by atoms with E-state index in [0.29, 0.717) is 6.42 Å². The number of esters is 1. The first-order chi connectivity index (χ1) is 11.2. The highest BCUT2D eigenvalue weighted by atomic mass is 16.5. The molecule has 3 nitrogen and oxygen atoms in total. The zero-order chi connectivity index (χ0) is 17.2. The molecule has 3 heteroatoms. The number of rotatable bonds is 16. The van der Waals surface area contributed by atoms with Crippen LogP contribution >= 0.6 is 0 Å². The zero-order valence-corrected chi connectivity index (χ0v) is 15.0. The number of unbranched alkanes of at least 4 members (excludes halogenated alkanes) is 8. The largest absolute Gasteiger partial charge is 0.435 e. The summed E-state index contributed by atoms with van der Waals surface area (Å²) in [5, 5.41) is 9.84.